The van der Waals surface area contributed by atoms with Crippen LogP contribution >= 0.6 is 23.2 Å². The van der Waals surface area contributed by atoms with Crippen LogP contribution in [0.2, 0.25) is 10.0 Å². The van der Waals surface area contributed by atoms with E-state index in [1.807, 2.05) is 42.5 Å². The molecule has 4 aromatic rings. The highest BCUT2D eigenvalue weighted by Crippen LogP contribution is 2.47. The molecule has 0 bridgehead atoms. The third kappa shape index (κ3) is 4.10. The van der Waals surface area contributed by atoms with E-state index in [1.165, 1.54) is 18.4 Å². The van der Waals surface area contributed by atoms with E-state index in [-0.39, 0.29) is 18.1 Å². The summed E-state index contributed by atoms with van der Waals surface area (Å²) in [6.07, 6.45) is 6.25. The van der Waals surface area contributed by atoms with Crippen LogP contribution in [0.25, 0.3) is 22.3 Å². The summed E-state index contributed by atoms with van der Waals surface area (Å²) in [5, 5.41) is 4.39. The maximum atomic E-state index is 12.5. The zero-order valence-electron chi connectivity index (χ0n) is 19.2. The molecule has 2 aromatic carbocycles. The van der Waals surface area contributed by atoms with Gasteiger partial charge in [-0.1, -0.05) is 47.5 Å². The maximum Gasteiger partial charge on any atom is 0.253 e. The number of amides is 1. The van der Waals surface area contributed by atoms with E-state index < -0.39 is 0 Å². The Morgan fingerprint density at radius 3 is 2.69 bits per heavy atom. The number of rotatable bonds is 6. The monoisotopic (exact) mass is 506 g/mol. The van der Waals surface area contributed by atoms with Crippen molar-refractivity contribution in [2.24, 2.45) is 0 Å². The number of benzene rings is 2. The molecule has 6 nitrogen and oxygen atoms in total. The highest BCUT2D eigenvalue weighted by molar-refractivity contribution is 6.36. The van der Waals surface area contributed by atoms with Gasteiger partial charge in [-0.2, -0.15) is 0 Å². The predicted octanol–water partition coefficient (Wildman–Crippen LogP) is 6.62. The molecule has 1 amide bonds. The van der Waals surface area contributed by atoms with Gasteiger partial charge in [-0.05, 0) is 49.4 Å². The van der Waals surface area contributed by atoms with Crippen LogP contribution in [-0.2, 0) is 9.53 Å². The van der Waals surface area contributed by atoms with Crippen molar-refractivity contribution in [3.8, 4) is 11.3 Å². The molecule has 1 saturated heterocycles. The van der Waals surface area contributed by atoms with Crippen LogP contribution in [0.5, 0.6) is 0 Å². The van der Waals surface area contributed by atoms with Crippen molar-refractivity contribution < 1.29 is 9.53 Å². The first-order valence-corrected chi connectivity index (χ1v) is 12.6. The number of carbonyl (C=O) groups excluding carboxylic acids is 1. The SMILES string of the molecule is C[C@H](c1c(Cl)ccc(C2CC2)c1Cl)n1cnc2cnc(-c3ccccc3NC(=O)C3CCO3)cc21. The normalized spacial score (nSPS) is 18.3. The van der Waals surface area contributed by atoms with E-state index >= 15 is 0 Å². The van der Waals surface area contributed by atoms with E-state index in [0.717, 1.165) is 39.3 Å². The summed E-state index contributed by atoms with van der Waals surface area (Å²) in [5.74, 6) is 0.390. The van der Waals surface area contributed by atoms with Gasteiger partial charge in [0.2, 0.25) is 0 Å². The van der Waals surface area contributed by atoms with Gasteiger partial charge in [0.05, 0.1) is 47.1 Å². The number of halogens is 2. The van der Waals surface area contributed by atoms with E-state index in [2.05, 4.69) is 26.8 Å². The molecule has 2 fully saturated rings. The van der Waals surface area contributed by atoms with Crippen molar-refractivity contribution in [2.75, 3.05) is 11.9 Å². The minimum Gasteiger partial charge on any atom is -0.368 e. The molecule has 2 aromatic heterocycles. The molecule has 1 aliphatic carbocycles. The highest BCUT2D eigenvalue weighted by Gasteiger charge is 2.29. The summed E-state index contributed by atoms with van der Waals surface area (Å²) in [5.41, 5.74) is 6.02. The van der Waals surface area contributed by atoms with Gasteiger partial charge in [0.25, 0.3) is 5.91 Å². The number of anilines is 1. The Hall–Kier alpha value is -2.93. The number of aromatic nitrogens is 3. The quantitative estimate of drug-likeness (QED) is 0.319. The summed E-state index contributed by atoms with van der Waals surface area (Å²) in [7, 11) is 0. The highest BCUT2D eigenvalue weighted by atomic mass is 35.5. The lowest BCUT2D eigenvalue weighted by Crippen LogP contribution is -2.39. The number of nitrogens with zero attached hydrogens (tertiary/aromatic N) is 3. The van der Waals surface area contributed by atoms with Gasteiger partial charge in [-0.3, -0.25) is 9.78 Å². The smallest absolute Gasteiger partial charge is 0.253 e. The first kappa shape index (κ1) is 22.5. The topological polar surface area (TPSA) is 69.0 Å². The van der Waals surface area contributed by atoms with Crippen LogP contribution in [0.4, 0.5) is 5.69 Å². The first-order valence-electron chi connectivity index (χ1n) is 11.8. The molecule has 6 rings (SSSR count). The number of carbonyl (C=O) groups is 1. The van der Waals surface area contributed by atoms with Crippen LogP contribution in [0.1, 0.15) is 49.3 Å². The van der Waals surface area contributed by atoms with E-state index in [4.69, 9.17) is 27.9 Å². The average Bonchev–Trinajstić information content (AvgIpc) is 3.56. The predicted molar refractivity (Wildman–Crippen MR) is 138 cm³/mol. The molecule has 178 valence electrons. The van der Waals surface area contributed by atoms with Crippen molar-refractivity contribution in [3.63, 3.8) is 0 Å². The van der Waals surface area contributed by atoms with Crippen LogP contribution < -0.4 is 5.32 Å². The number of para-hydroxylation sites is 1. The van der Waals surface area contributed by atoms with Crippen LogP contribution in [-0.4, -0.2) is 33.2 Å². The molecule has 0 spiro atoms. The van der Waals surface area contributed by atoms with Crippen LogP contribution in [0.15, 0.2) is 55.0 Å². The lowest BCUT2D eigenvalue weighted by atomic mass is 10.0. The maximum absolute atomic E-state index is 12.5. The molecular formula is C27H24Cl2N4O2. The lowest BCUT2D eigenvalue weighted by Gasteiger charge is -2.25. The van der Waals surface area contributed by atoms with Gasteiger partial charge >= 0.3 is 0 Å². The van der Waals surface area contributed by atoms with Crippen molar-refractivity contribution in [1.29, 1.82) is 0 Å². The number of imidazole rings is 1. The van der Waals surface area contributed by atoms with Gasteiger partial charge in [0.1, 0.15) is 11.6 Å². The summed E-state index contributed by atoms with van der Waals surface area (Å²) < 4.78 is 7.40. The van der Waals surface area contributed by atoms with Crippen molar-refractivity contribution in [1.82, 2.24) is 14.5 Å². The number of hydrogen-bond donors (Lipinski definition) is 1. The largest absolute Gasteiger partial charge is 0.368 e. The number of nitrogens with one attached hydrogen (secondary N) is 1. The Balaban J connectivity index is 1.39. The molecule has 0 radical (unpaired) electrons. The summed E-state index contributed by atoms with van der Waals surface area (Å²) in [6.45, 7) is 2.70. The Morgan fingerprint density at radius 2 is 1.94 bits per heavy atom. The zero-order chi connectivity index (χ0) is 24.1. The van der Waals surface area contributed by atoms with Crippen molar-refractivity contribution in [3.05, 3.63) is 76.2 Å². The number of pyridine rings is 1. The summed E-state index contributed by atoms with van der Waals surface area (Å²) >= 11 is 13.5. The number of fused-ring (bicyclic) bond motifs is 1. The number of ether oxygens (including phenoxy) is 1. The van der Waals surface area contributed by atoms with E-state index in [9.17, 15) is 4.79 Å². The molecule has 1 aliphatic heterocycles. The standard InChI is InChI=1S/C27H24Cl2N4O2/c1-15(25-19(28)9-8-17(26(25)29)16-6-7-16)33-14-31-22-13-30-21(12-23(22)33)18-4-2-3-5-20(18)32-27(34)24-10-11-35-24/h2-5,8-9,12-16,24H,6-7,10-11H2,1H3,(H,32,34)/t15-,24?/m1/s1. The molecule has 1 saturated carbocycles. The fraction of sp³-hybridized carbons (Fsp3) is 0.296. The Labute approximate surface area is 213 Å². The van der Waals surface area contributed by atoms with Gasteiger partial charge in [0.15, 0.2) is 0 Å². The Bertz CT molecular complexity index is 1440. The molecule has 2 atom stereocenters. The van der Waals surface area contributed by atoms with Crippen molar-refractivity contribution >= 4 is 45.8 Å². The van der Waals surface area contributed by atoms with Gasteiger partial charge in [0, 0.05) is 22.6 Å². The molecule has 2 aliphatic rings. The Kier molecular flexibility index (Phi) is 5.75. The zero-order valence-corrected chi connectivity index (χ0v) is 20.7. The van der Waals surface area contributed by atoms with Crippen LogP contribution in [0, 0.1) is 0 Å². The Morgan fingerprint density at radius 1 is 1.14 bits per heavy atom. The molecule has 1 unspecified atom stereocenters. The molecular weight excluding hydrogens is 483 g/mol. The molecule has 1 N–H and O–H groups in total. The second-order valence-corrected chi connectivity index (χ2v) is 9.99. The fourth-order valence-corrected chi connectivity index (χ4v) is 5.52. The van der Waals surface area contributed by atoms with Crippen molar-refractivity contribution in [2.45, 2.75) is 44.2 Å². The molecule has 3 heterocycles. The van der Waals surface area contributed by atoms with Gasteiger partial charge < -0.3 is 14.6 Å². The fourth-order valence-electron chi connectivity index (χ4n) is 4.68. The van der Waals surface area contributed by atoms with E-state index in [1.54, 1.807) is 12.5 Å². The van der Waals surface area contributed by atoms with Gasteiger partial charge in [-0.25, -0.2) is 4.98 Å². The third-order valence-corrected chi connectivity index (χ3v) is 7.67. The first-order chi connectivity index (χ1) is 17.0. The van der Waals surface area contributed by atoms with Crippen LogP contribution in [0.3, 0.4) is 0 Å². The number of hydrogen-bond acceptors (Lipinski definition) is 4. The minimum atomic E-state index is -0.387. The summed E-state index contributed by atoms with van der Waals surface area (Å²) in [4.78, 5) is 21.7. The third-order valence-electron chi connectivity index (χ3n) is 6.92. The average molecular weight is 507 g/mol. The van der Waals surface area contributed by atoms with Gasteiger partial charge in [-0.15, -0.1) is 0 Å². The lowest BCUT2D eigenvalue weighted by molar-refractivity contribution is -0.139. The van der Waals surface area contributed by atoms with E-state index in [0.29, 0.717) is 23.2 Å². The molecule has 8 heteroatoms. The summed E-state index contributed by atoms with van der Waals surface area (Å²) in [6, 6.07) is 13.5. The second kappa shape index (κ2) is 8.94. The molecule has 35 heavy (non-hydrogen) atoms. The minimum absolute atomic E-state index is 0.125. The second-order valence-electron chi connectivity index (χ2n) is 9.21.